The zero-order valence-electron chi connectivity index (χ0n) is 55.9. The molecule has 98 heavy (non-hydrogen) atoms. The molecule has 14 rings (SSSR count). The Hall–Kier alpha value is -9.33. The average Bonchev–Trinajstić information content (AvgIpc) is 1.21. The van der Waals surface area contributed by atoms with Crippen molar-refractivity contribution in [3.05, 3.63) is 141 Å². The maximum Gasteiger partial charge on any atom is 1.00 e. The van der Waals surface area contributed by atoms with Gasteiger partial charge < -0.3 is 34.7 Å². The molecule has 2 atom stereocenters. The number of nitriles is 4. The Labute approximate surface area is 610 Å². The predicted molar refractivity (Wildman–Crippen MR) is 346 cm³/mol. The summed E-state index contributed by atoms with van der Waals surface area (Å²) in [6.45, 7) is 18.0. The van der Waals surface area contributed by atoms with Gasteiger partial charge in [0.15, 0.2) is 6.07 Å². The number of carboxylic acids is 1. The van der Waals surface area contributed by atoms with E-state index in [4.69, 9.17) is 35.7 Å². The van der Waals surface area contributed by atoms with Gasteiger partial charge in [-0.25, -0.2) is 28.9 Å². The average molecular weight is 1380 g/mol. The first kappa shape index (κ1) is 72.9. The van der Waals surface area contributed by atoms with E-state index >= 15 is 0 Å². The molecular formula is C68H68ClF2KN18O8. The second-order valence-corrected chi connectivity index (χ2v) is 27.3. The number of hydrogen-bond acceptors (Lipinski definition) is 22. The van der Waals surface area contributed by atoms with E-state index in [-0.39, 0.29) is 113 Å². The van der Waals surface area contributed by atoms with Gasteiger partial charge in [0.1, 0.15) is 47.7 Å². The Morgan fingerprint density at radius 2 is 1.02 bits per heavy atom. The predicted octanol–water partition coefficient (Wildman–Crippen LogP) is 7.70. The first-order valence-corrected chi connectivity index (χ1v) is 31.5. The summed E-state index contributed by atoms with van der Waals surface area (Å²) < 4.78 is 48.0. The van der Waals surface area contributed by atoms with Crippen molar-refractivity contribution in [2.24, 2.45) is 22.7 Å². The van der Waals surface area contributed by atoms with E-state index in [1.807, 2.05) is 36.3 Å². The number of amides is 2. The number of ether oxygens (including phenoxy) is 3. The van der Waals surface area contributed by atoms with E-state index in [0.717, 1.165) is 45.4 Å². The number of nitrogens with zero attached hydrogens (tertiary/aromatic N) is 16. The number of carboxylic acid groups (broad SMARTS) is 1. The number of fused-ring (bicyclic) bond motifs is 2. The molecule has 6 fully saturated rings. The van der Waals surface area contributed by atoms with Crippen LogP contribution in [0.1, 0.15) is 162 Å². The summed E-state index contributed by atoms with van der Waals surface area (Å²) >= 11 is 5.90. The number of nitrogens with one attached hydrogen (secondary N) is 2. The molecule has 6 aliphatic carbocycles. The fourth-order valence-corrected chi connectivity index (χ4v) is 12.7. The summed E-state index contributed by atoms with van der Waals surface area (Å²) in [6, 6.07) is 17.9. The van der Waals surface area contributed by atoms with Gasteiger partial charge >= 0.3 is 69.5 Å². The van der Waals surface area contributed by atoms with Crippen LogP contribution in [0.5, 0.6) is 0 Å². The van der Waals surface area contributed by atoms with Crippen LogP contribution in [0.4, 0.5) is 41.1 Å². The SMILES string of the molecule is CC(=O)OCOC(=O)N(c1cc(C#N)c2ncc(C#N)c(NCC(C)(C)C)c2c1)C(c1cn(C23CC(C2)C3)nn1)c1ccc(F)nc1C.CC(=O)[O-].Cc1nc(F)ccc1C(c1cn(C23CC(C2)C3)nn1)N(C(=O)OCCl)c1cc(C#N)c2ncc(C#N)c(NCC(C)(C)C)c2c1.[K+]. The van der Waals surface area contributed by atoms with Gasteiger partial charge in [0.25, 0.3) is 0 Å². The van der Waals surface area contributed by atoms with E-state index in [9.17, 15) is 44.2 Å². The zero-order valence-corrected chi connectivity index (χ0v) is 59.7. The first-order valence-electron chi connectivity index (χ1n) is 30.9. The van der Waals surface area contributed by atoms with E-state index in [1.54, 1.807) is 38.2 Å². The summed E-state index contributed by atoms with van der Waals surface area (Å²) in [7, 11) is 0. The molecule has 6 aromatic heterocycles. The van der Waals surface area contributed by atoms with Gasteiger partial charge in [-0.1, -0.05) is 75.7 Å². The summed E-state index contributed by atoms with van der Waals surface area (Å²) in [5.41, 5.74) is 4.54. The van der Waals surface area contributed by atoms with Crippen LogP contribution in [0, 0.1) is 93.7 Å². The molecule has 2 aromatic carbocycles. The van der Waals surface area contributed by atoms with Crippen molar-refractivity contribution in [2.75, 3.05) is 46.4 Å². The third-order valence-corrected chi connectivity index (χ3v) is 17.5. The topological polar surface area (TPSA) is 358 Å². The number of hydrogen-bond donors (Lipinski definition) is 2. The number of carbonyl (C=O) groups is 4. The molecule has 26 nitrogen and oxygen atoms in total. The van der Waals surface area contributed by atoms with E-state index in [1.165, 1.54) is 59.4 Å². The molecule has 0 radical (unpaired) electrons. The molecular weight excluding hydrogens is 1310 g/mol. The molecule has 30 heteroatoms. The summed E-state index contributed by atoms with van der Waals surface area (Å²) in [5, 5.41) is 74.8. The van der Waals surface area contributed by atoms with Crippen molar-refractivity contribution in [3.8, 4) is 24.3 Å². The summed E-state index contributed by atoms with van der Waals surface area (Å²) in [5.74, 6) is -1.77. The Kier molecular flexibility index (Phi) is 21.9. The van der Waals surface area contributed by atoms with Gasteiger partial charge in [0.2, 0.25) is 18.7 Å². The largest absolute Gasteiger partial charge is 1.00 e. The standard InChI is InChI=1S/C34H34FN9O4.C32H31ClFN9O2.C2H4O2.K/c1-19-25(6-7-28(35)40-19)31(27-16-43(42-41-27)34-10-21(11-34)12-34)44(32(46)48-18-47-20(2)45)24-8-22(13-36)29-26(9-24)30(23(14-37)15-38-29)39-17-33(3,4)5;1-18-23(5-6-26(34)39-18)29(25-15-42(41-40-25)32-9-19(10-32)11-32)43(30(44)45-17-33)22-7-20(12-35)27-24(8-22)28(21(13-36)14-37-27)38-16-31(2,3)4;1-2(3)4;/h6-9,15-16,21,31H,10-12,17-18H2,1-5H3,(H,38,39);5-8,14-15,19,29H,9-11,16-17H2,1-4H3,(H,37,38);1H3,(H,3,4);/q;;;+1/p-1. The number of alkyl halides is 1. The van der Waals surface area contributed by atoms with Crippen LogP contribution < -0.4 is 76.9 Å². The Morgan fingerprint density at radius 1 is 0.643 bits per heavy atom. The molecule has 6 heterocycles. The van der Waals surface area contributed by atoms with E-state index in [2.05, 4.69) is 96.2 Å². The zero-order chi connectivity index (χ0) is 70.1. The molecule has 4 bridgehead atoms. The minimum atomic E-state index is -1.08. The molecule has 2 unspecified atom stereocenters. The number of aryl methyl sites for hydroxylation is 2. The normalized spacial score (nSPS) is 18.1. The molecule has 2 N–H and O–H groups in total. The van der Waals surface area contributed by atoms with Crippen molar-refractivity contribution < 1.29 is 98.7 Å². The van der Waals surface area contributed by atoms with Crippen molar-refractivity contribution in [1.29, 1.82) is 21.0 Å². The van der Waals surface area contributed by atoms with Gasteiger partial charge in [-0.15, -0.1) is 10.2 Å². The first-order chi connectivity index (χ1) is 46.0. The molecule has 2 amide bonds. The number of benzene rings is 2. The van der Waals surface area contributed by atoms with Crippen LogP contribution in [0.2, 0.25) is 0 Å². The van der Waals surface area contributed by atoms with Gasteiger partial charge in [0, 0.05) is 71.7 Å². The molecule has 500 valence electrons. The van der Waals surface area contributed by atoms with Gasteiger partial charge in [-0.05, 0) is 118 Å². The monoisotopic (exact) mass is 1380 g/mol. The van der Waals surface area contributed by atoms with Crippen molar-refractivity contribution in [1.82, 2.24) is 49.9 Å². The number of aliphatic carboxylic acids is 1. The van der Waals surface area contributed by atoms with Crippen molar-refractivity contribution >= 4 is 80.3 Å². The number of esters is 1. The minimum Gasteiger partial charge on any atom is -0.550 e. The maximum absolute atomic E-state index is 14.3. The van der Waals surface area contributed by atoms with Crippen LogP contribution in [0.25, 0.3) is 21.8 Å². The number of pyridine rings is 4. The van der Waals surface area contributed by atoms with Gasteiger partial charge in [-0.2, -0.15) is 29.8 Å². The molecule has 6 saturated carbocycles. The Balaban J connectivity index is 0.000000216. The van der Waals surface area contributed by atoms with Crippen molar-refractivity contribution in [3.63, 3.8) is 0 Å². The number of anilines is 4. The summed E-state index contributed by atoms with van der Waals surface area (Å²) in [6.07, 6.45) is 10.6. The quantitative estimate of drug-likeness (QED) is 0.0290. The number of rotatable bonds is 17. The third kappa shape index (κ3) is 15.3. The number of carbonyl (C=O) groups excluding carboxylic acids is 4. The fourth-order valence-electron chi connectivity index (χ4n) is 12.6. The fraction of sp³-hybridized carbons (Fsp3) is 0.412. The number of halogens is 3. The molecule has 8 aromatic rings. The smallest absolute Gasteiger partial charge is 0.550 e. The van der Waals surface area contributed by atoms with Crippen LogP contribution in [0.3, 0.4) is 0 Å². The van der Waals surface area contributed by atoms with E-state index < -0.39 is 61.0 Å². The molecule has 0 aliphatic heterocycles. The minimum absolute atomic E-state index is 0. The Bertz CT molecular complexity index is 4580. The van der Waals surface area contributed by atoms with Crippen LogP contribution in [-0.2, 0) is 34.9 Å². The number of aromatic nitrogens is 10. The van der Waals surface area contributed by atoms with Crippen LogP contribution in [0.15, 0.2) is 73.3 Å². The second-order valence-electron chi connectivity index (χ2n) is 27.1. The van der Waals surface area contributed by atoms with Crippen molar-refractivity contribution in [2.45, 2.75) is 131 Å². The third-order valence-electron chi connectivity index (χ3n) is 17.4. The van der Waals surface area contributed by atoms with Gasteiger partial charge in [-0.3, -0.25) is 24.6 Å². The van der Waals surface area contributed by atoms with E-state index in [0.29, 0.717) is 86.3 Å². The Morgan fingerprint density at radius 3 is 1.34 bits per heavy atom. The molecule has 0 spiro atoms. The van der Waals surface area contributed by atoms with Crippen LogP contribution in [-0.4, -0.2) is 100.0 Å². The summed E-state index contributed by atoms with van der Waals surface area (Å²) in [4.78, 5) is 67.9. The molecule has 6 aliphatic rings. The van der Waals surface area contributed by atoms with Crippen LogP contribution >= 0.6 is 11.6 Å². The maximum atomic E-state index is 14.3. The molecule has 0 saturated heterocycles. The van der Waals surface area contributed by atoms with Gasteiger partial charge in [0.05, 0.1) is 79.5 Å². The second kappa shape index (κ2) is 29.4.